The van der Waals surface area contributed by atoms with Gasteiger partial charge in [0.05, 0.1) is 12.0 Å². The summed E-state index contributed by atoms with van der Waals surface area (Å²) in [7, 11) is -2.38. The average molecular weight is 315 g/mol. The first kappa shape index (κ1) is 17.5. The van der Waals surface area contributed by atoms with Crippen LogP contribution in [0.4, 0.5) is 0 Å². The first-order valence-electron chi connectivity index (χ1n) is 6.71. The standard InChI is InChI=1S/C14H21NO5S/c1-4-5-6-12(14(16)17)15-21(18,19)13-8-7-11(20-3)9-10(13)2/h7-9,12,15H,4-6H2,1-3H3,(H,16,17)/t12-/m0/s1. The van der Waals surface area contributed by atoms with E-state index in [0.29, 0.717) is 17.7 Å². The number of aryl methyl sites for hydroxylation is 1. The molecule has 1 aromatic carbocycles. The molecule has 0 heterocycles. The number of carboxylic acid groups (broad SMARTS) is 1. The molecule has 21 heavy (non-hydrogen) atoms. The fourth-order valence-corrected chi connectivity index (χ4v) is 3.39. The Hall–Kier alpha value is -1.60. The lowest BCUT2D eigenvalue weighted by Gasteiger charge is -2.16. The summed E-state index contributed by atoms with van der Waals surface area (Å²) in [6.45, 7) is 3.56. The van der Waals surface area contributed by atoms with Crippen LogP contribution < -0.4 is 9.46 Å². The quantitative estimate of drug-likeness (QED) is 0.764. The first-order chi connectivity index (χ1) is 9.81. The van der Waals surface area contributed by atoms with Crippen molar-refractivity contribution in [2.24, 2.45) is 0 Å². The molecule has 0 bridgehead atoms. The van der Waals surface area contributed by atoms with E-state index in [-0.39, 0.29) is 11.3 Å². The largest absolute Gasteiger partial charge is 0.497 e. The first-order valence-corrected chi connectivity index (χ1v) is 8.20. The molecule has 1 atom stereocenters. The van der Waals surface area contributed by atoms with E-state index in [4.69, 9.17) is 9.84 Å². The number of rotatable bonds is 8. The van der Waals surface area contributed by atoms with Gasteiger partial charge in [-0.15, -0.1) is 0 Å². The van der Waals surface area contributed by atoms with Gasteiger partial charge in [0.1, 0.15) is 11.8 Å². The summed E-state index contributed by atoms with van der Waals surface area (Å²) < 4.78 is 31.9. The molecule has 6 nitrogen and oxygen atoms in total. The number of sulfonamides is 1. The Morgan fingerprint density at radius 3 is 2.57 bits per heavy atom. The van der Waals surface area contributed by atoms with Crippen LogP contribution in [0.2, 0.25) is 0 Å². The van der Waals surface area contributed by atoms with Gasteiger partial charge in [0.2, 0.25) is 10.0 Å². The van der Waals surface area contributed by atoms with Crippen LogP contribution in [-0.2, 0) is 14.8 Å². The summed E-state index contributed by atoms with van der Waals surface area (Å²) in [5, 5.41) is 9.11. The van der Waals surface area contributed by atoms with Crippen molar-refractivity contribution in [1.29, 1.82) is 0 Å². The smallest absolute Gasteiger partial charge is 0.321 e. The number of carbonyl (C=O) groups is 1. The molecule has 0 radical (unpaired) electrons. The minimum Gasteiger partial charge on any atom is -0.497 e. The van der Waals surface area contributed by atoms with E-state index in [2.05, 4.69) is 4.72 Å². The van der Waals surface area contributed by atoms with Crippen LogP contribution in [0.25, 0.3) is 0 Å². The highest BCUT2D eigenvalue weighted by Crippen LogP contribution is 2.21. The predicted octanol–water partition coefficient (Wildman–Crippen LogP) is 1.93. The number of unbranched alkanes of at least 4 members (excludes halogenated alkanes) is 1. The lowest BCUT2D eigenvalue weighted by molar-refractivity contribution is -0.139. The monoisotopic (exact) mass is 315 g/mol. The Bertz CT molecular complexity index is 597. The molecule has 0 aliphatic rings. The topological polar surface area (TPSA) is 92.7 Å². The number of benzene rings is 1. The van der Waals surface area contributed by atoms with Gasteiger partial charge in [-0.25, -0.2) is 8.42 Å². The third kappa shape index (κ3) is 4.71. The Morgan fingerprint density at radius 1 is 1.43 bits per heavy atom. The maximum atomic E-state index is 12.3. The third-order valence-electron chi connectivity index (χ3n) is 3.11. The number of aliphatic carboxylic acids is 1. The van der Waals surface area contributed by atoms with Crippen molar-refractivity contribution < 1.29 is 23.1 Å². The molecule has 0 amide bonds. The van der Waals surface area contributed by atoms with Crippen molar-refractivity contribution in [3.05, 3.63) is 23.8 Å². The zero-order valence-corrected chi connectivity index (χ0v) is 13.2. The Morgan fingerprint density at radius 2 is 2.10 bits per heavy atom. The van der Waals surface area contributed by atoms with Crippen molar-refractivity contribution in [1.82, 2.24) is 4.72 Å². The maximum absolute atomic E-state index is 12.3. The molecular weight excluding hydrogens is 294 g/mol. The van der Waals surface area contributed by atoms with Crippen LogP contribution in [0.15, 0.2) is 23.1 Å². The third-order valence-corrected chi connectivity index (χ3v) is 4.75. The molecule has 0 aromatic heterocycles. The molecule has 0 saturated carbocycles. The van der Waals surface area contributed by atoms with Gasteiger partial charge >= 0.3 is 5.97 Å². The van der Waals surface area contributed by atoms with E-state index in [9.17, 15) is 13.2 Å². The van der Waals surface area contributed by atoms with Crippen LogP contribution in [0.1, 0.15) is 31.7 Å². The van der Waals surface area contributed by atoms with E-state index in [1.54, 1.807) is 13.0 Å². The van der Waals surface area contributed by atoms with Gasteiger partial charge in [0.25, 0.3) is 0 Å². The van der Waals surface area contributed by atoms with Crippen molar-refractivity contribution in [3.8, 4) is 5.75 Å². The van der Waals surface area contributed by atoms with Gasteiger partial charge in [0, 0.05) is 0 Å². The van der Waals surface area contributed by atoms with E-state index in [0.717, 1.165) is 6.42 Å². The zero-order valence-electron chi connectivity index (χ0n) is 12.4. The van der Waals surface area contributed by atoms with Crippen molar-refractivity contribution in [2.45, 2.75) is 44.0 Å². The molecule has 7 heteroatoms. The van der Waals surface area contributed by atoms with Gasteiger partial charge in [0.15, 0.2) is 0 Å². The molecule has 0 aliphatic heterocycles. The SMILES string of the molecule is CCCC[C@H](NS(=O)(=O)c1ccc(OC)cc1C)C(=O)O. The van der Waals surface area contributed by atoms with E-state index in [1.807, 2.05) is 6.92 Å². The lowest BCUT2D eigenvalue weighted by atomic mass is 10.1. The molecule has 0 fully saturated rings. The Balaban J connectivity index is 3.01. The fourth-order valence-electron chi connectivity index (χ4n) is 1.94. The predicted molar refractivity (Wildman–Crippen MR) is 79.0 cm³/mol. The molecule has 1 aromatic rings. The highest BCUT2D eigenvalue weighted by Gasteiger charge is 2.26. The Labute approximate surface area is 125 Å². The summed E-state index contributed by atoms with van der Waals surface area (Å²) in [4.78, 5) is 11.2. The minimum absolute atomic E-state index is 0.0612. The van der Waals surface area contributed by atoms with Crippen LogP contribution >= 0.6 is 0 Å². The summed E-state index contributed by atoms with van der Waals surface area (Å²) in [6.07, 6.45) is 1.70. The second kappa shape index (κ2) is 7.42. The van der Waals surface area contributed by atoms with Crippen LogP contribution in [-0.4, -0.2) is 32.6 Å². The maximum Gasteiger partial charge on any atom is 0.321 e. The number of methoxy groups -OCH3 is 1. The normalized spacial score (nSPS) is 12.9. The lowest BCUT2D eigenvalue weighted by Crippen LogP contribution is -2.40. The minimum atomic E-state index is -3.88. The van der Waals surface area contributed by atoms with Gasteiger partial charge in [-0.1, -0.05) is 19.8 Å². The van der Waals surface area contributed by atoms with Crippen molar-refractivity contribution in [3.63, 3.8) is 0 Å². The molecular formula is C14H21NO5S. The summed E-state index contributed by atoms with van der Waals surface area (Å²) >= 11 is 0. The Kier molecular flexibility index (Phi) is 6.17. The molecule has 1 rings (SSSR count). The van der Waals surface area contributed by atoms with Gasteiger partial charge in [-0.05, 0) is 37.1 Å². The molecule has 0 aliphatic carbocycles. The van der Waals surface area contributed by atoms with Gasteiger partial charge < -0.3 is 9.84 Å². The number of ether oxygens (including phenoxy) is 1. The van der Waals surface area contributed by atoms with Crippen LogP contribution in [0, 0.1) is 6.92 Å². The van der Waals surface area contributed by atoms with Gasteiger partial charge in [-0.2, -0.15) is 4.72 Å². The van der Waals surface area contributed by atoms with Crippen molar-refractivity contribution in [2.75, 3.05) is 7.11 Å². The van der Waals surface area contributed by atoms with E-state index >= 15 is 0 Å². The van der Waals surface area contributed by atoms with Gasteiger partial charge in [-0.3, -0.25) is 4.79 Å². The highest BCUT2D eigenvalue weighted by molar-refractivity contribution is 7.89. The number of hydrogen-bond acceptors (Lipinski definition) is 4. The fraction of sp³-hybridized carbons (Fsp3) is 0.500. The van der Waals surface area contributed by atoms with Crippen LogP contribution in [0.5, 0.6) is 5.75 Å². The molecule has 0 spiro atoms. The summed E-state index contributed by atoms with van der Waals surface area (Å²) in [5.74, 6) is -0.620. The van der Waals surface area contributed by atoms with Crippen molar-refractivity contribution >= 4 is 16.0 Å². The molecule has 0 saturated heterocycles. The second-order valence-corrected chi connectivity index (χ2v) is 6.47. The molecule has 2 N–H and O–H groups in total. The van der Waals surface area contributed by atoms with E-state index < -0.39 is 22.0 Å². The van der Waals surface area contributed by atoms with Crippen LogP contribution in [0.3, 0.4) is 0 Å². The zero-order chi connectivity index (χ0) is 16.0. The summed E-state index contributed by atoms with van der Waals surface area (Å²) in [6, 6.07) is 3.42. The summed E-state index contributed by atoms with van der Waals surface area (Å²) in [5.41, 5.74) is 0.501. The molecule has 118 valence electrons. The highest BCUT2D eigenvalue weighted by atomic mass is 32.2. The number of hydrogen-bond donors (Lipinski definition) is 2. The van der Waals surface area contributed by atoms with E-state index in [1.165, 1.54) is 19.2 Å². The number of carboxylic acids is 1. The second-order valence-electron chi connectivity index (χ2n) is 4.79. The molecule has 0 unspecified atom stereocenters. The number of nitrogens with one attached hydrogen (secondary N) is 1. The average Bonchev–Trinajstić information content (AvgIpc) is 2.42.